The Morgan fingerprint density at radius 2 is 1.85 bits per heavy atom. The predicted molar refractivity (Wildman–Crippen MR) is 81.5 cm³/mol. The molecule has 3 nitrogen and oxygen atoms in total. The summed E-state index contributed by atoms with van der Waals surface area (Å²) in [5.74, 6) is 0. The lowest BCUT2D eigenvalue weighted by molar-refractivity contribution is 0.826. The van der Waals surface area contributed by atoms with E-state index >= 15 is 0 Å². The van der Waals surface area contributed by atoms with Gasteiger partial charge in [0.15, 0.2) is 0 Å². The van der Waals surface area contributed by atoms with Crippen LogP contribution in [0.15, 0.2) is 48.7 Å². The van der Waals surface area contributed by atoms with E-state index in [4.69, 9.17) is 5.73 Å². The summed E-state index contributed by atoms with van der Waals surface area (Å²) < 4.78 is 0. The third-order valence-electron chi connectivity index (χ3n) is 3.55. The third-order valence-corrected chi connectivity index (χ3v) is 3.55. The Morgan fingerprint density at radius 3 is 2.60 bits per heavy atom. The van der Waals surface area contributed by atoms with Gasteiger partial charge in [-0.1, -0.05) is 24.3 Å². The number of para-hydroxylation sites is 1. The molecule has 2 N–H and O–H groups in total. The lowest BCUT2D eigenvalue weighted by Gasteiger charge is -2.13. The van der Waals surface area contributed by atoms with Crippen molar-refractivity contribution in [1.29, 1.82) is 0 Å². The largest absolute Gasteiger partial charge is 0.319 e. The van der Waals surface area contributed by atoms with Crippen molar-refractivity contribution in [3.05, 3.63) is 71.2 Å². The quantitative estimate of drug-likeness (QED) is 0.771. The molecular weight excluding hydrogens is 246 g/mol. The molecule has 20 heavy (non-hydrogen) atoms. The summed E-state index contributed by atoms with van der Waals surface area (Å²) in [6.45, 7) is 4.06. The van der Waals surface area contributed by atoms with Crippen molar-refractivity contribution in [2.45, 2.75) is 19.9 Å². The molecule has 0 aliphatic carbocycles. The number of benzene rings is 1. The van der Waals surface area contributed by atoms with E-state index in [2.05, 4.69) is 29.0 Å². The maximum Gasteiger partial charge on any atom is 0.0741 e. The van der Waals surface area contributed by atoms with Crippen LogP contribution in [0.5, 0.6) is 0 Å². The van der Waals surface area contributed by atoms with Crippen molar-refractivity contribution in [2.24, 2.45) is 5.73 Å². The first-order valence-corrected chi connectivity index (χ1v) is 6.69. The Kier molecular flexibility index (Phi) is 3.20. The second-order valence-electron chi connectivity index (χ2n) is 5.09. The standard InChI is InChI=1S/C17H17N3/c1-11-9-16(20-15-6-4-3-5-14(11)15)17(18)13-8-7-12(2)19-10-13/h3-10,17H,18H2,1-2H3. The summed E-state index contributed by atoms with van der Waals surface area (Å²) in [6.07, 6.45) is 1.83. The molecule has 3 rings (SSSR count). The molecule has 0 aliphatic heterocycles. The molecule has 0 amide bonds. The zero-order valence-electron chi connectivity index (χ0n) is 11.7. The Labute approximate surface area is 118 Å². The Morgan fingerprint density at radius 1 is 1.05 bits per heavy atom. The van der Waals surface area contributed by atoms with Gasteiger partial charge in [-0.05, 0) is 43.2 Å². The van der Waals surface area contributed by atoms with Gasteiger partial charge < -0.3 is 5.73 Å². The molecule has 0 bridgehead atoms. The molecule has 0 aliphatic rings. The summed E-state index contributed by atoms with van der Waals surface area (Å²) in [5.41, 5.74) is 11.4. The second kappa shape index (κ2) is 5.02. The molecule has 1 unspecified atom stereocenters. The fourth-order valence-corrected chi connectivity index (χ4v) is 2.37. The topological polar surface area (TPSA) is 51.8 Å². The number of nitrogens with zero attached hydrogens (tertiary/aromatic N) is 2. The number of nitrogens with two attached hydrogens (primary N) is 1. The third kappa shape index (κ3) is 2.28. The Balaban J connectivity index is 2.07. The van der Waals surface area contributed by atoms with Gasteiger partial charge in [0, 0.05) is 17.3 Å². The number of fused-ring (bicyclic) bond motifs is 1. The first-order chi connectivity index (χ1) is 9.65. The van der Waals surface area contributed by atoms with E-state index < -0.39 is 0 Å². The molecule has 1 aromatic carbocycles. The molecular formula is C17H17N3. The molecule has 100 valence electrons. The average Bonchev–Trinajstić information content (AvgIpc) is 2.47. The minimum absolute atomic E-state index is 0.244. The highest BCUT2D eigenvalue weighted by molar-refractivity contribution is 5.82. The monoisotopic (exact) mass is 263 g/mol. The van der Waals surface area contributed by atoms with Crippen LogP contribution in [0.2, 0.25) is 0 Å². The van der Waals surface area contributed by atoms with Crippen LogP contribution in [-0.4, -0.2) is 9.97 Å². The number of pyridine rings is 2. The van der Waals surface area contributed by atoms with Crippen LogP contribution in [0.25, 0.3) is 10.9 Å². The molecule has 0 saturated carbocycles. The van der Waals surface area contributed by atoms with Crippen LogP contribution < -0.4 is 5.73 Å². The van der Waals surface area contributed by atoms with Crippen molar-refractivity contribution >= 4 is 10.9 Å². The van der Waals surface area contributed by atoms with E-state index in [1.165, 1.54) is 10.9 Å². The van der Waals surface area contributed by atoms with E-state index in [0.29, 0.717) is 0 Å². The lowest BCUT2D eigenvalue weighted by atomic mass is 10.0. The molecule has 1 atom stereocenters. The second-order valence-corrected chi connectivity index (χ2v) is 5.09. The molecule has 0 saturated heterocycles. The average molecular weight is 263 g/mol. The molecule has 0 fully saturated rings. The highest BCUT2D eigenvalue weighted by atomic mass is 14.8. The number of aryl methyl sites for hydroxylation is 2. The maximum atomic E-state index is 6.32. The molecule has 2 heterocycles. The molecule has 0 spiro atoms. The predicted octanol–water partition coefficient (Wildman–Crippen LogP) is 3.29. The van der Waals surface area contributed by atoms with Gasteiger partial charge in [0.2, 0.25) is 0 Å². The smallest absolute Gasteiger partial charge is 0.0741 e. The van der Waals surface area contributed by atoms with Gasteiger partial charge in [-0.3, -0.25) is 9.97 Å². The van der Waals surface area contributed by atoms with Crippen molar-refractivity contribution in [3.63, 3.8) is 0 Å². The Hall–Kier alpha value is -2.26. The number of rotatable bonds is 2. The van der Waals surface area contributed by atoms with Crippen LogP contribution in [0.1, 0.15) is 28.6 Å². The molecule has 0 radical (unpaired) electrons. The van der Waals surface area contributed by atoms with E-state index in [0.717, 1.165) is 22.5 Å². The van der Waals surface area contributed by atoms with Gasteiger partial charge in [0.25, 0.3) is 0 Å². The van der Waals surface area contributed by atoms with Crippen LogP contribution in [0, 0.1) is 13.8 Å². The van der Waals surface area contributed by atoms with Gasteiger partial charge in [0.1, 0.15) is 0 Å². The van der Waals surface area contributed by atoms with Gasteiger partial charge in [-0.15, -0.1) is 0 Å². The minimum Gasteiger partial charge on any atom is -0.319 e. The highest BCUT2D eigenvalue weighted by Crippen LogP contribution is 2.23. The number of hydrogen-bond donors (Lipinski definition) is 1. The van der Waals surface area contributed by atoms with Gasteiger partial charge in [0.05, 0.1) is 17.3 Å². The fourth-order valence-electron chi connectivity index (χ4n) is 2.37. The summed E-state index contributed by atoms with van der Waals surface area (Å²) in [4.78, 5) is 8.98. The van der Waals surface area contributed by atoms with Crippen molar-refractivity contribution in [3.8, 4) is 0 Å². The summed E-state index contributed by atoms with van der Waals surface area (Å²) in [5, 5.41) is 1.17. The summed E-state index contributed by atoms with van der Waals surface area (Å²) in [6, 6.07) is 13.9. The SMILES string of the molecule is Cc1ccc(C(N)c2cc(C)c3ccccc3n2)cn1. The zero-order chi connectivity index (χ0) is 14.1. The van der Waals surface area contributed by atoms with Gasteiger partial charge in [-0.25, -0.2) is 0 Å². The van der Waals surface area contributed by atoms with E-state index in [1.807, 2.05) is 43.5 Å². The minimum atomic E-state index is -0.244. The lowest BCUT2D eigenvalue weighted by Crippen LogP contribution is -2.14. The Bertz CT molecular complexity index is 748. The molecule has 3 aromatic rings. The first kappa shape index (κ1) is 12.8. The molecule has 2 aromatic heterocycles. The first-order valence-electron chi connectivity index (χ1n) is 6.69. The van der Waals surface area contributed by atoms with Gasteiger partial charge in [-0.2, -0.15) is 0 Å². The van der Waals surface area contributed by atoms with E-state index in [-0.39, 0.29) is 6.04 Å². The molecule has 3 heteroatoms. The zero-order valence-corrected chi connectivity index (χ0v) is 11.7. The van der Waals surface area contributed by atoms with Crippen LogP contribution in [0.4, 0.5) is 0 Å². The summed E-state index contributed by atoms with van der Waals surface area (Å²) in [7, 11) is 0. The maximum absolute atomic E-state index is 6.32. The van der Waals surface area contributed by atoms with Crippen LogP contribution in [-0.2, 0) is 0 Å². The van der Waals surface area contributed by atoms with Gasteiger partial charge >= 0.3 is 0 Å². The number of hydrogen-bond acceptors (Lipinski definition) is 3. The van der Waals surface area contributed by atoms with Crippen molar-refractivity contribution in [1.82, 2.24) is 9.97 Å². The number of aromatic nitrogens is 2. The fraction of sp³-hybridized carbons (Fsp3) is 0.176. The normalized spacial score (nSPS) is 12.6. The van der Waals surface area contributed by atoms with E-state index in [9.17, 15) is 0 Å². The van der Waals surface area contributed by atoms with E-state index in [1.54, 1.807) is 0 Å². The van der Waals surface area contributed by atoms with Crippen LogP contribution in [0.3, 0.4) is 0 Å². The highest BCUT2D eigenvalue weighted by Gasteiger charge is 2.12. The summed E-state index contributed by atoms with van der Waals surface area (Å²) >= 11 is 0. The van der Waals surface area contributed by atoms with Crippen molar-refractivity contribution < 1.29 is 0 Å². The van der Waals surface area contributed by atoms with Crippen molar-refractivity contribution in [2.75, 3.05) is 0 Å². The van der Waals surface area contributed by atoms with Crippen LogP contribution >= 0.6 is 0 Å².